The average molecular weight is 767 g/mol. The maximum absolute atomic E-state index is 14.2. The van der Waals surface area contributed by atoms with Crippen molar-refractivity contribution in [3.8, 4) is 0 Å². The predicted octanol–water partition coefficient (Wildman–Crippen LogP) is 4.37. The number of hydrogen-bond donors (Lipinski definition) is 2. The van der Waals surface area contributed by atoms with Gasteiger partial charge in [-0.1, -0.05) is 46.3 Å². The zero-order valence-electron chi connectivity index (χ0n) is 30.2. The largest absolute Gasteiger partial charge is 0.465 e. The maximum atomic E-state index is 14.2. The molecule has 0 spiro atoms. The number of amides is 5. The van der Waals surface area contributed by atoms with Crippen LogP contribution in [0.3, 0.4) is 0 Å². The Morgan fingerprint density at radius 1 is 0.902 bits per heavy atom. The van der Waals surface area contributed by atoms with Gasteiger partial charge in [-0.15, -0.1) is 0 Å². The summed E-state index contributed by atoms with van der Waals surface area (Å²) < 4.78 is 6.17. The molecule has 2 aromatic rings. The van der Waals surface area contributed by atoms with Crippen molar-refractivity contribution in [2.24, 2.45) is 0 Å². The Kier molecular flexibility index (Phi) is 12.2. The molecule has 0 bridgehead atoms. The lowest BCUT2D eigenvalue weighted by atomic mass is 9.98. The van der Waals surface area contributed by atoms with Crippen LogP contribution in [0, 0.1) is 13.8 Å². The van der Waals surface area contributed by atoms with Crippen molar-refractivity contribution in [1.82, 2.24) is 29.8 Å². The summed E-state index contributed by atoms with van der Waals surface area (Å²) in [7, 11) is 0. The molecule has 3 saturated heterocycles. The zero-order valence-corrected chi connectivity index (χ0v) is 31.8. The number of piperidine rings is 2. The number of benzene rings is 2. The fraction of sp³-hybridized carbons (Fsp3) is 0.579. The van der Waals surface area contributed by atoms with Crippen molar-refractivity contribution in [2.45, 2.75) is 77.5 Å². The molecule has 12 nitrogen and oxygen atoms in total. The highest BCUT2D eigenvalue weighted by Gasteiger charge is 2.36. The quantitative estimate of drug-likeness (QED) is 0.365. The number of likely N-dealkylation sites (tertiary alicyclic amines) is 2. The number of hydrogen-bond acceptors (Lipinski definition) is 7. The number of rotatable bonds is 9. The molecule has 4 heterocycles. The van der Waals surface area contributed by atoms with E-state index in [2.05, 4.69) is 48.5 Å². The minimum Gasteiger partial charge on any atom is -0.465 e. The lowest BCUT2D eigenvalue weighted by Gasteiger charge is -2.43. The standard InChI is InChI=1S/C38H52BrN7O5/c1-4-51-34(47)25-42-17-19-43(20-18-42)30-9-13-44(14-10-30)36(48)33(23-28-21-26(2)35(39)27(3)22-28)41-37(49)45-15-11-31(12-16-45)46-24-29-7-5-6-8-32(29)40-38(46)50/h5-8,21-22,30-31,33H,4,9-20,23-25H2,1-3H3,(H,40,50)(H,41,49). The number of para-hydroxylation sites is 1. The molecule has 51 heavy (non-hydrogen) atoms. The van der Waals surface area contributed by atoms with Gasteiger partial charge < -0.3 is 30.1 Å². The van der Waals surface area contributed by atoms with Gasteiger partial charge in [0.15, 0.2) is 0 Å². The summed E-state index contributed by atoms with van der Waals surface area (Å²) in [5, 5.41) is 6.15. The summed E-state index contributed by atoms with van der Waals surface area (Å²) in [6.07, 6.45) is 3.52. The van der Waals surface area contributed by atoms with Crippen LogP contribution in [0.25, 0.3) is 0 Å². The number of ether oxygens (including phenoxy) is 1. The molecule has 5 amide bonds. The van der Waals surface area contributed by atoms with E-state index in [4.69, 9.17) is 4.74 Å². The first-order valence-corrected chi connectivity index (χ1v) is 19.3. The molecule has 1 unspecified atom stereocenters. The lowest BCUT2D eigenvalue weighted by Crippen LogP contribution is -2.58. The number of carbonyl (C=O) groups is 4. The predicted molar refractivity (Wildman–Crippen MR) is 199 cm³/mol. The summed E-state index contributed by atoms with van der Waals surface area (Å²) in [5.41, 5.74) is 5.15. The average Bonchev–Trinajstić information content (AvgIpc) is 3.13. The van der Waals surface area contributed by atoms with Crippen LogP contribution in [-0.2, 0) is 27.3 Å². The van der Waals surface area contributed by atoms with Crippen LogP contribution in [0.1, 0.15) is 54.9 Å². The molecule has 2 aromatic carbocycles. The number of esters is 1. The summed E-state index contributed by atoms with van der Waals surface area (Å²) in [5.74, 6) is -0.215. The number of aryl methyl sites for hydroxylation is 2. The van der Waals surface area contributed by atoms with E-state index in [1.54, 1.807) is 4.90 Å². The normalized spacial score (nSPS) is 20.1. The van der Waals surface area contributed by atoms with E-state index >= 15 is 0 Å². The first-order valence-electron chi connectivity index (χ1n) is 18.5. The maximum Gasteiger partial charge on any atom is 0.322 e. The smallest absolute Gasteiger partial charge is 0.322 e. The van der Waals surface area contributed by atoms with Crippen molar-refractivity contribution < 1.29 is 23.9 Å². The van der Waals surface area contributed by atoms with Gasteiger partial charge in [0.25, 0.3) is 0 Å². The molecule has 3 fully saturated rings. The van der Waals surface area contributed by atoms with Crippen molar-refractivity contribution >= 4 is 45.6 Å². The van der Waals surface area contributed by atoms with Gasteiger partial charge in [0, 0.05) is 87.6 Å². The number of fused-ring (bicyclic) bond motifs is 1. The van der Waals surface area contributed by atoms with Crippen LogP contribution in [-0.4, -0.2) is 132 Å². The van der Waals surface area contributed by atoms with Gasteiger partial charge in [-0.2, -0.15) is 0 Å². The van der Waals surface area contributed by atoms with Gasteiger partial charge in [0.05, 0.1) is 13.2 Å². The monoisotopic (exact) mass is 765 g/mol. The van der Waals surface area contributed by atoms with Crippen LogP contribution >= 0.6 is 15.9 Å². The first kappa shape index (κ1) is 37.1. The summed E-state index contributed by atoms with van der Waals surface area (Å²) >= 11 is 3.66. The van der Waals surface area contributed by atoms with Gasteiger partial charge in [0.1, 0.15) is 6.04 Å². The number of piperazine rings is 1. The van der Waals surface area contributed by atoms with Crippen LogP contribution in [0.4, 0.5) is 15.3 Å². The van der Waals surface area contributed by atoms with E-state index in [0.717, 1.165) is 71.4 Å². The third kappa shape index (κ3) is 9.04. The Labute approximate surface area is 309 Å². The number of urea groups is 2. The number of carbonyl (C=O) groups excluding carboxylic acids is 4. The minimum absolute atomic E-state index is 0.0374. The highest BCUT2D eigenvalue weighted by Crippen LogP contribution is 2.28. The molecule has 276 valence electrons. The number of halogens is 1. The first-order chi connectivity index (χ1) is 24.6. The lowest BCUT2D eigenvalue weighted by molar-refractivity contribution is -0.145. The second kappa shape index (κ2) is 16.8. The van der Waals surface area contributed by atoms with E-state index in [0.29, 0.717) is 71.2 Å². The zero-order chi connectivity index (χ0) is 36.1. The molecule has 0 aliphatic carbocycles. The molecule has 6 rings (SSSR count). The number of anilines is 1. The van der Waals surface area contributed by atoms with Crippen molar-refractivity contribution in [3.05, 3.63) is 63.1 Å². The second-order valence-corrected chi connectivity index (χ2v) is 15.1. The Balaban J connectivity index is 1.05. The van der Waals surface area contributed by atoms with Gasteiger partial charge in [-0.3, -0.25) is 19.4 Å². The molecule has 1 atom stereocenters. The van der Waals surface area contributed by atoms with Crippen LogP contribution in [0.5, 0.6) is 0 Å². The third-order valence-corrected chi connectivity index (χ3v) is 12.2. The third-order valence-electron chi connectivity index (χ3n) is 10.9. The van der Waals surface area contributed by atoms with E-state index in [9.17, 15) is 19.2 Å². The van der Waals surface area contributed by atoms with Crippen LogP contribution < -0.4 is 10.6 Å². The summed E-state index contributed by atoms with van der Waals surface area (Å²) in [6, 6.07) is 11.4. The van der Waals surface area contributed by atoms with Gasteiger partial charge >= 0.3 is 18.0 Å². The van der Waals surface area contributed by atoms with Crippen LogP contribution in [0.15, 0.2) is 40.9 Å². The van der Waals surface area contributed by atoms with E-state index in [-0.39, 0.29) is 30.0 Å². The highest BCUT2D eigenvalue weighted by atomic mass is 79.9. The molecular weight excluding hydrogens is 714 g/mol. The summed E-state index contributed by atoms with van der Waals surface area (Å²) in [4.78, 5) is 63.1. The van der Waals surface area contributed by atoms with E-state index < -0.39 is 6.04 Å². The second-order valence-electron chi connectivity index (χ2n) is 14.4. The van der Waals surface area contributed by atoms with Crippen molar-refractivity contribution in [2.75, 3.05) is 70.8 Å². The van der Waals surface area contributed by atoms with Gasteiger partial charge in [-0.05, 0) is 74.8 Å². The van der Waals surface area contributed by atoms with E-state index in [1.165, 1.54) is 0 Å². The molecular formula is C38H52BrN7O5. The topological polar surface area (TPSA) is 118 Å². The Hall–Kier alpha value is -3.68. The number of nitrogens with zero attached hydrogens (tertiary/aromatic N) is 5. The van der Waals surface area contributed by atoms with Gasteiger partial charge in [0.2, 0.25) is 5.91 Å². The van der Waals surface area contributed by atoms with Crippen molar-refractivity contribution in [1.29, 1.82) is 0 Å². The Bertz CT molecular complexity index is 1560. The molecule has 4 aliphatic heterocycles. The van der Waals surface area contributed by atoms with Gasteiger partial charge in [-0.25, -0.2) is 9.59 Å². The Morgan fingerprint density at radius 2 is 1.53 bits per heavy atom. The fourth-order valence-electron chi connectivity index (χ4n) is 8.08. The van der Waals surface area contributed by atoms with Crippen LogP contribution in [0.2, 0.25) is 0 Å². The molecule has 4 aliphatic rings. The molecule has 13 heteroatoms. The Morgan fingerprint density at radius 3 is 2.20 bits per heavy atom. The SMILES string of the molecule is CCOC(=O)CN1CCN(C2CCN(C(=O)C(Cc3cc(C)c(Br)c(C)c3)NC(=O)N3CCC(N4Cc5ccccc5NC4=O)CC3)CC2)CC1. The fourth-order valence-corrected chi connectivity index (χ4v) is 8.30. The molecule has 0 aromatic heterocycles. The minimum atomic E-state index is -0.692. The molecule has 0 radical (unpaired) electrons. The molecule has 2 N–H and O–H groups in total. The summed E-state index contributed by atoms with van der Waals surface area (Å²) in [6.45, 7) is 13.0. The molecule has 0 saturated carbocycles. The highest BCUT2D eigenvalue weighted by molar-refractivity contribution is 9.10. The number of nitrogens with one attached hydrogen (secondary N) is 2. The van der Waals surface area contributed by atoms with Crippen molar-refractivity contribution in [3.63, 3.8) is 0 Å². The van der Waals surface area contributed by atoms with E-state index in [1.807, 2.05) is 54.8 Å².